The number of aliphatic carboxylic acids is 1. The molecule has 0 saturated heterocycles. The lowest BCUT2D eigenvalue weighted by Crippen LogP contribution is -2.47. The molecule has 0 unspecified atom stereocenters. The summed E-state index contributed by atoms with van der Waals surface area (Å²) in [6.45, 7) is 17.4. The molecule has 8 heterocycles. The molecular formula is C67H75F3N7O13Si2-. The normalized spacial score (nSPS) is 16.8. The Morgan fingerprint density at radius 2 is 1.05 bits per heavy atom. The van der Waals surface area contributed by atoms with Gasteiger partial charge < -0.3 is 54.3 Å². The summed E-state index contributed by atoms with van der Waals surface area (Å²) >= 11 is 0. The van der Waals surface area contributed by atoms with Crippen molar-refractivity contribution in [1.82, 2.24) is 24.4 Å². The molecule has 20 nitrogen and oxygen atoms in total. The fraction of sp³-hybridized carbons (Fsp3) is 0.403. The number of carbonyl (C=O) groups excluding carboxylic acids is 6. The molecule has 4 N–H and O–H groups in total. The minimum Gasteiger partial charge on any atom is -0.542 e. The number of ether oxygens (including phenoxy) is 4. The lowest BCUT2D eigenvalue weighted by molar-refractivity contribution is -0.344. The molecule has 0 aliphatic carbocycles. The zero-order chi connectivity index (χ0) is 66.7. The number of para-hydroxylation sites is 3. The Hall–Kier alpha value is -8.82. The predicted molar refractivity (Wildman–Crippen MR) is 343 cm³/mol. The summed E-state index contributed by atoms with van der Waals surface area (Å²) < 4.78 is 57.0. The van der Waals surface area contributed by atoms with Crippen LogP contribution in [0.5, 0.6) is 0 Å². The second-order valence-electron chi connectivity index (χ2n) is 25.1. The van der Waals surface area contributed by atoms with Gasteiger partial charge in [-0.25, -0.2) is 24.4 Å². The molecule has 486 valence electrons. The van der Waals surface area contributed by atoms with E-state index in [1.165, 1.54) is 31.0 Å². The quantitative estimate of drug-likeness (QED) is 0.0312. The Bertz CT molecular complexity index is 4190. The molecular weight excluding hydrogens is 1220 g/mol. The summed E-state index contributed by atoms with van der Waals surface area (Å²) in [6.07, 6.45) is -1.21. The Labute approximate surface area is 531 Å². The van der Waals surface area contributed by atoms with Gasteiger partial charge in [0.1, 0.15) is 19.2 Å². The third-order valence-corrected chi connectivity index (χ3v) is 24.4. The van der Waals surface area contributed by atoms with E-state index in [-0.39, 0.29) is 43.2 Å². The van der Waals surface area contributed by atoms with E-state index in [4.69, 9.17) is 44.6 Å². The highest BCUT2D eigenvalue weighted by molar-refractivity contribution is 6.77. The van der Waals surface area contributed by atoms with Crippen LogP contribution in [0.1, 0.15) is 97.9 Å². The van der Waals surface area contributed by atoms with Crippen LogP contribution in [0.4, 0.5) is 23.7 Å². The Morgan fingerprint density at radius 1 is 0.641 bits per heavy atom. The standard InChI is InChI=1S/C36H40N4O6Si.C29H35N3O5Si.C2HF3O2/c1-5-36(46-23(2)41)29-20-31-32-27(21-40(31)33(42)28(29)22-45-34(36)43)25(26-14-9-10-15-30(26)39-32)16-19-47(3,4)18-11-17-37-35(44)38-24-12-7-6-8-13-24;1-5-29(37-18(2)33)23-15-25-26-21(16-32(25)27(34)22(23)17-36-28(29)35)19(11-14-38(3,4)13-8-12-30)20-9-6-7-10-24(20)31-26;3-2(4,5)1(6)7/h6-10,12-15,20H,5,11,16-19,21-22H2,1-4H3,(H2,37,38,44);6-7,9-10,15H,5,8,11-14,16-17,30H2,1-4H3;(H,6,7)/p-1/t36-;29-;/m00./s1. The number of nitrogens with two attached hydrogens (primary N) is 1. The number of nitrogens with one attached hydrogen (secondary N) is 2. The van der Waals surface area contributed by atoms with E-state index in [0.29, 0.717) is 59.8 Å². The predicted octanol–water partition coefficient (Wildman–Crippen LogP) is 9.66. The fourth-order valence-corrected chi connectivity index (χ4v) is 17.5. The summed E-state index contributed by atoms with van der Waals surface area (Å²) in [5.74, 6) is -5.56. The average Bonchev–Trinajstić information content (AvgIpc) is 1.48. The molecule has 25 heteroatoms. The van der Waals surface area contributed by atoms with Gasteiger partial charge in [0.15, 0.2) is 0 Å². The molecule has 0 saturated carbocycles. The molecule has 4 aliphatic heterocycles. The number of carboxylic acid groups (broad SMARTS) is 1. The summed E-state index contributed by atoms with van der Waals surface area (Å²) in [5.41, 5.74) is 13.1. The number of rotatable bonds is 18. The second kappa shape index (κ2) is 27.2. The SMILES string of the molecule is CC[C@@]1(OC(C)=O)C(=O)OCc2c1cc1n(c2=O)Cc2c-1nc1ccccc1c2CC[Si](C)(C)CCCN.CC[C@@]1(OC(C)=O)C(=O)OCc2c1cc1n(c2=O)Cc2c-1nc1ccccc1c2CC[Si](C)(C)CCCNC(=O)Nc1ccccc1.O=C([O-])C(F)(F)F. The van der Waals surface area contributed by atoms with E-state index in [0.717, 1.165) is 93.8 Å². The molecule has 0 radical (unpaired) electrons. The van der Waals surface area contributed by atoms with Crippen LogP contribution in [0.3, 0.4) is 0 Å². The van der Waals surface area contributed by atoms with Crippen LogP contribution < -0.4 is 32.6 Å². The highest BCUT2D eigenvalue weighted by Crippen LogP contribution is 2.45. The van der Waals surface area contributed by atoms with Crippen LogP contribution in [0.15, 0.2) is 101 Å². The van der Waals surface area contributed by atoms with E-state index in [9.17, 15) is 46.7 Å². The second-order valence-corrected chi connectivity index (χ2v) is 35.7. The fourth-order valence-electron chi connectivity index (χ4n) is 12.8. The number of fused-ring (bicyclic) bond motifs is 10. The molecule has 92 heavy (non-hydrogen) atoms. The topological polar surface area (TPSA) is 282 Å². The van der Waals surface area contributed by atoms with Crippen molar-refractivity contribution in [2.75, 3.05) is 18.4 Å². The molecule has 11 rings (SSSR count). The summed E-state index contributed by atoms with van der Waals surface area (Å²) in [7, 11) is -3.13. The molecule has 3 aromatic carbocycles. The van der Waals surface area contributed by atoms with Crippen molar-refractivity contribution in [2.45, 2.75) is 160 Å². The Kier molecular flexibility index (Phi) is 20.0. The van der Waals surface area contributed by atoms with Gasteiger partial charge in [0, 0.05) is 75.3 Å². The van der Waals surface area contributed by atoms with Crippen LogP contribution in [0.25, 0.3) is 44.6 Å². The Morgan fingerprint density at radius 3 is 1.46 bits per heavy atom. The van der Waals surface area contributed by atoms with Crippen LogP contribution in [0, 0.1) is 0 Å². The van der Waals surface area contributed by atoms with Gasteiger partial charge in [0.2, 0.25) is 11.2 Å². The van der Waals surface area contributed by atoms with Crippen molar-refractivity contribution in [1.29, 1.82) is 0 Å². The number of urea groups is 1. The molecule has 0 spiro atoms. The highest BCUT2D eigenvalue weighted by atomic mass is 28.3. The molecule has 0 bridgehead atoms. The number of anilines is 1. The van der Waals surface area contributed by atoms with Gasteiger partial charge in [-0.2, -0.15) is 13.2 Å². The lowest BCUT2D eigenvalue weighted by Gasteiger charge is -2.35. The first-order valence-electron chi connectivity index (χ1n) is 30.8. The minimum atomic E-state index is -5.19. The van der Waals surface area contributed by atoms with Crippen LogP contribution in [-0.4, -0.2) is 90.4 Å². The van der Waals surface area contributed by atoms with Gasteiger partial charge in [0.25, 0.3) is 11.1 Å². The van der Waals surface area contributed by atoms with E-state index < -0.39 is 63.4 Å². The third-order valence-electron chi connectivity index (χ3n) is 17.7. The summed E-state index contributed by atoms with van der Waals surface area (Å²) in [4.78, 5) is 109. The number of carboxylic acids is 1. The number of aryl methyl sites for hydroxylation is 2. The number of carbonyl (C=O) groups is 6. The zero-order valence-corrected chi connectivity index (χ0v) is 54.8. The smallest absolute Gasteiger partial charge is 0.430 e. The van der Waals surface area contributed by atoms with Crippen LogP contribution in [-0.2, 0) is 93.3 Å². The van der Waals surface area contributed by atoms with Gasteiger partial charge in [0.05, 0.1) is 58.0 Å². The summed E-state index contributed by atoms with van der Waals surface area (Å²) in [6, 6.07) is 33.4. The largest absolute Gasteiger partial charge is 0.542 e. The van der Waals surface area contributed by atoms with E-state index in [1.54, 1.807) is 29.0 Å². The van der Waals surface area contributed by atoms with Gasteiger partial charge in [-0.05, 0) is 92.6 Å². The number of alkyl halides is 3. The number of esters is 4. The number of pyridine rings is 4. The minimum absolute atomic E-state index is 0.136. The van der Waals surface area contributed by atoms with Crippen molar-refractivity contribution in [3.8, 4) is 22.8 Å². The first kappa shape index (κ1) is 67.6. The number of benzene rings is 3. The number of amides is 2. The van der Waals surface area contributed by atoms with Gasteiger partial charge in [-0.3, -0.25) is 19.2 Å². The molecule has 4 aromatic heterocycles. The zero-order valence-electron chi connectivity index (χ0n) is 52.8. The summed E-state index contributed by atoms with van der Waals surface area (Å²) in [5, 5.41) is 16.8. The van der Waals surface area contributed by atoms with Crippen molar-refractivity contribution in [3.05, 3.63) is 156 Å². The third kappa shape index (κ3) is 13.8. The lowest BCUT2D eigenvalue weighted by atomic mass is 9.85. The molecule has 2 atom stereocenters. The number of nitrogens with zero attached hydrogens (tertiary/aromatic N) is 4. The first-order chi connectivity index (χ1) is 43.6. The molecule has 4 aliphatic rings. The van der Waals surface area contributed by atoms with Crippen molar-refractivity contribution in [2.24, 2.45) is 5.73 Å². The monoisotopic (exact) mass is 1300 g/mol. The number of hydrogen-bond acceptors (Lipinski definition) is 16. The Balaban J connectivity index is 0.000000200. The number of cyclic esters (lactones) is 2. The first-order valence-corrected chi connectivity index (χ1v) is 37.6. The highest BCUT2D eigenvalue weighted by Gasteiger charge is 2.52. The number of aromatic nitrogens is 4. The van der Waals surface area contributed by atoms with Crippen molar-refractivity contribution in [3.63, 3.8) is 0 Å². The van der Waals surface area contributed by atoms with E-state index in [1.807, 2.05) is 72.8 Å². The van der Waals surface area contributed by atoms with Crippen LogP contribution in [0.2, 0.25) is 50.4 Å². The maximum Gasteiger partial charge on any atom is 0.430 e. The maximum absolute atomic E-state index is 14.0. The van der Waals surface area contributed by atoms with Gasteiger partial charge in [-0.1, -0.05) is 119 Å². The van der Waals surface area contributed by atoms with Crippen LogP contribution >= 0.6 is 0 Å². The molecule has 0 fully saturated rings. The van der Waals surface area contributed by atoms with E-state index >= 15 is 0 Å². The number of hydrogen-bond donors (Lipinski definition) is 3. The maximum atomic E-state index is 14.0. The van der Waals surface area contributed by atoms with Crippen molar-refractivity contribution >= 4 is 79.5 Å². The van der Waals surface area contributed by atoms with E-state index in [2.05, 4.69) is 49.0 Å². The number of halogens is 3. The van der Waals surface area contributed by atoms with Gasteiger partial charge >= 0.3 is 36.1 Å². The molecule has 7 aromatic rings. The molecule has 2 amide bonds. The average molecular weight is 1300 g/mol. The van der Waals surface area contributed by atoms with Gasteiger partial charge in [-0.15, -0.1) is 0 Å². The van der Waals surface area contributed by atoms with Crippen molar-refractivity contribution < 1.29 is 66.0 Å².